The fourth-order valence-electron chi connectivity index (χ4n) is 2.79. The van der Waals surface area contributed by atoms with E-state index in [-0.39, 0.29) is 11.6 Å². The summed E-state index contributed by atoms with van der Waals surface area (Å²) < 4.78 is 2.02. The van der Waals surface area contributed by atoms with E-state index in [0.717, 1.165) is 21.8 Å². The van der Waals surface area contributed by atoms with Gasteiger partial charge in [-0.15, -0.1) is 0 Å². The highest BCUT2D eigenvalue weighted by molar-refractivity contribution is 6.17. The van der Waals surface area contributed by atoms with E-state index >= 15 is 0 Å². The molecular formula is C17H15NO2. The first kappa shape index (κ1) is 12.6. The van der Waals surface area contributed by atoms with E-state index in [1.165, 1.54) is 13.8 Å². The zero-order chi connectivity index (χ0) is 14.4. The second-order valence-corrected chi connectivity index (χ2v) is 5.11. The van der Waals surface area contributed by atoms with E-state index in [0.29, 0.717) is 11.1 Å². The molecule has 0 bridgehead atoms. The number of aryl methyl sites for hydroxylation is 1. The number of hydrogen-bond acceptors (Lipinski definition) is 2. The maximum Gasteiger partial charge on any atom is 0.161 e. The van der Waals surface area contributed by atoms with Crippen LogP contribution in [0.5, 0.6) is 0 Å². The van der Waals surface area contributed by atoms with Crippen LogP contribution in [0.3, 0.4) is 0 Å². The summed E-state index contributed by atoms with van der Waals surface area (Å²) in [6.45, 7) is 3.06. The molecule has 0 aliphatic heterocycles. The Balaban J connectivity index is 2.59. The van der Waals surface area contributed by atoms with Crippen molar-refractivity contribution in [3.8, 4) is 0 Å². The highest BCUT2D eigenvalue weighted by Gasteiger charge is 2.16. The lowest BCUT2D eigenvalue weighted by Crippen LogP contribution is -2.01. The van der Waals surface area contributed by atoms with Crippen molar-refractivity contribution in [1.29, 1.82) is 0 Å². The Hall–Kier alpha value is -2.42. The molecule has 1 heterocycles. The van der Waals surface area contributed by atoms with Crippen LogP contribution in [0.15, 0.2) is 36.4 Å². The highest BCUT2D eigenvalue weighted by atomic mass is 16.1. The number of fused-ring (bicyclic) bond motifs is 3. The van der Waals surface area contributed by atoms with Gasteiger partial charge in [0.2, 0.25) is 0 Å². The minimum absolute atomic E-state index is 0.0241. The molecule has 3 rings (SSSR count). The zero-order valence-corrected chi connectivity index (χ0v) is 11.7. The van der Waals surface area contributed by atoms with Crippen molar-refractivity contribution >= 4 is 33.4 Å². The molecule has 0 aliphatic rings. The number of ketones is 2. The Labute approximate surface area is 116 Å². The van der Waals surface area contributed by atoms with Gasteiger partial charge in [0.05, 0.1) is 5.52 Å². The van der Waals surface area contributed by atoms with Gasteiger partial charge in [-0.25, -0.2) is 0 Å². The summed E-state index contributed by atoms with van der Waals surface area (Å²) in [5, 5.41) is 2.02. The molecule has 0 amide bonds. The van der Waals surface area contributed by atoms with E-state index in [1.54, 1.807) is 6.07 Å². The second-order valence-electron chi connectivity index (χ2n) is 5.11. The normalized spacial score (nSPS) is 11.2. The number of aromatic nitrogens is 1. The maximum absolute atomic E-state index is 11.9. The lowest BCUT2D eigenvalue weighted by atomic mass is 10.0. The standard InChI is InChI=1S/C17H15NO2/c1-10(19)12-8-14(11(2)20)17-15(9-12)13-6-4-5-7-16(13)18(17)3/h4-9H,1-3H3. The van der Waals surface area contributed by atoms with Gasteiger partial charge in [0.1, 0.15) is 0 Å². The van der Waals surface area contributed by atoms with Gasteiger partial charge in [0.15, 0.2) is 11.6 Å². The van der Waals surface area contributed by atoms with Crippen molar-refractivity contribution in [3.05, 3.63) is 47.5 Å². The first-order valence-electron chi connectivity index (χ1n) is 6.53. The molecular weight excluding hydrogens is 250 g/mol. The van der Waals surface area contributed by atoms with E-state index in [9.17, 15) is 9.59 Å². The van der Waals surface area contributed by atoms with Gasteiger partial charge in [-0.2, -0.15) is 0 Å². The van der Waals surface area contributed by atoms with Gasteiger partial charge in [0, 0.05) is 34.5 Å². The van der Waals surface area contributed by atoms with Gasteiger partial charge >= 0.3 is 0 Å². The van der Waals surface area contributed by atoms with Crippen LogP contribution in [0.25, 0.3) is 21.8 Å². The smallest absolute Gasteiger partial charge is 0.161 e. The Morgan fingerprint density at radius 2 is 1.65 bits per heavy atom. The lowest BCUT2D eigenvalue weighted by Gasteiger charge is -2.05. The van der Waals surface area contributed by atoms with Crippen molar-refractivity contribution < 1.29 is 9.59 Å². The first-order chi connectivity index (χ1) is 9.50. The Morgan fingerprint density at radius 1 is 0.950 bits per heavy atom. The minimum Gasteiger partial charge on any atom is -0.343 e. The molecule has 0 N–H and O–H groups in total. The predicted molar refractivity (Wildman–Crippen MR) is 80.4 cm³/mol. The molecule has 0 spiro atoms. The number of Topliss-reactive ketones (excluding diaryl/α,β-unsaturated/α-hetero) is 2. The van der Waals surface area contributed by atoms with Crippen LogP contribution in [0, 0.1) is 0 Å². The van der Waals surface area contributed by atoms with E-state index in [4.69, 9.17) is 0 Å². The number of benzene rings is 2. The van der Waals surface area contributed by atoms with Crippen molar-refractivity contribution in [1.82, 2.24) is 4.57 Å². The molecule has 0 unspecified atom stereocenters. The number of rotatable bonds is 2. The van der Waals surface area contributed by atoms with Crippen LogP contribution in [0.4, 0.5) is 0 Å². The molecule has 100 valence electrons. The third-order valence-corrected chi connectivity index (χ3v) is 3.79. The highest BCUT2D eigenvalue weighted by Crippen LogP contribution is 2.31. The first-order valence-corrected chi connectivity index (χ1v) is 6.53. The van der Waals surface area contributed by atoms with Gasteiger partial charge in [-0.1, -0.05) is 18.2 Å². The quantitative estimate of drug-likeness (QED) is 0.662. The zero-order valence-electron chi connectivity index (χ0n) is 11.7. The van der Waals surface area contributed by atoms with Gasteiger partial charge < -0.3 is 4.57 Å². The molecule has 0 aliphatic carbocycles. The summed E-state index contributed by atoms with van der Waals surface area (Å²) in [6, 6.07) is 11.6. The van der Waals surface area contributed by atoms with Crippen LogP contribution >= 0.6 is 0 Å². The molecule has 0 radical (unpaired) electrons. The number of para-hydroxylation sites is 1. The third kappa shape index (κ3) is 1.67. The molecule has 3 nitrogen and oxygen atoms in total. The third-order valence-electron chi connectivity index (χ3n) is 3.79. The van der Waals surface area contributed by atoms with Crippen LogP contribution < -0.4 is 0 Å². The van der Waals surface area contributed by atoms with E-state index in [2.05, 4.69) is 0 Å². The summed E-state index contributed by atoms with van der Waals surface area (Å²) in [5.41, 5.74) is 3.14. The Kier molecular flexibility index (Phi) is 2.71. The fraction of sp³-hybridized carbons (Fsp3) is 0.176. The lowest BCUT2D eigenvalue weighted by molar-refractivity contribution is 0.101. The largest absolute Gasteiger partial charge is 0.343 e. The van der Waals surface area contributed by atoms with Crippen LogP contribution in [0.1, 0.15) is 34.6 Å². The summed E-state index contributed by atoms with van der Waals surface area (Å²) in [4.78, 5) is 23.6. The molecule has 2 aromatic carbocycles. The van der Waals surface area contributed by atoms with Crippen LogP contribution in [0.2, 0.25) is 0 Å². The predicted octanol–water partition coefficient (Wildman–Crippen LogP) is 3.74. The van der Waals surface area contributed by atoms with Crippen LogP contribution in [-0.4, -0.2) is 16.1 Å². The summed E-state index contributed by atoms with van der Waals surface area (Å²) in [7, 11) is 1.95. The van der Waals surface area contributed by atoms with Crippen molar-refractivity contribution in [3.63, 3.8) is 0 Å². The molecule has 3 heteroatoms. The molecule has 0 saturated carbocycles. The van der Waals surface area contributed by atoms with Crippen molar-refractivity contribution in [2.24, 2.45) is 7.05 Å². The number of carbonyl (C=O) groups excluding carboxylic acids is 2. The number of hydrogen-bond donors (Lipinski definition) is 0. The van der Waals surface area contributed by atoms with Gasteiger partial charge in [0.25, 0.3) is 0 Å². The Morgan fingerprint density at radius 3 is 2.30 bits per heavy atom. The topological polar surface area (TPSA) is 39.1 Å². The Bertz CT molecular complexity index is 871. The van der Waals surface area contributed by atoms with Gasteiger partial charge in [-0.05, 0) is 32.0 Å². The van der Waals surface area contributed by atoms with Crippen molar-refractivity contribution in [2.75, 3.05) is 0 Å². The average Bonchev–Trinajstić information content (AvgIpc) is 2.72. The SMILES string of the molecule is CC(=O)c1cc(C(C)=O)c2c(c1)c1ccccc1n2C. The second kappa shape index (κ2) is 4.30. The molecule has 0 saturated heterocycles. The monoisotopic (exact) mass is 265 g/mol. The molecule has 0 atom stereocenters. The van der Waals surface area contributed by atoms with Crippen LogP contribution in [-0.2, 0) is 7.05 Å². The van der Waals surface area contributed by atoms with Gasteiger partial charge in [-0.3, -0.25) is 9.59 Å². The average molecular weight is 265 g/mol. The summed E-state index contributed by atoms with van der Waals surface area (Å²) in [6.07, 6.45) is 0. The van der Waals surface area contributed by atoms with E-state index < -0.39 is 0 Å². The maximum atomic E-state index is 11.9. The van der Waals surface area contributed by atoms with E-state index in [1.807, 2.05) is 41.9 Å². The van der Waals surface area contributed by atoms with Crippen molar-refractivity contribution in [2.45, 2.75) is 13.8 Å². The molecule has 1 aromatic heterocycles. The number of carbonyl (C=O) groups is 2. The molecule has 3 aromatic rings. The number of nitrogens with zero attached hydrogens (tertiary/aromatic N) is 1. The molecule has 20 heavy (non-hydrogen) atoms. The summed E-state index contributed by atoms with van der Waals surface area (Å²) >= 11 is 0. The molecule has 0 fully saturated rings. The fourth-order valence-corrected chi connectivity index (χ4v) is 2.79. The minimum atomic E-state index is -0.0256. The summed E-state index contributed by atoms with van der Waals surface area (Å²) in [5.74, 6) is -0.0497.